The maximum absolute atomic E-state index is 13.6. The van der Waals surface area contributed by atoms with Crippen molar-refractivity contribution in [2.45, 2.75) is 12.8 Å². The molecule has 0 spiro atoms. The van der Waals surface area contributed by atoms with E-state index >= 15 is 0 Å². The van der Waals surface area contributed by atoms with E-state index in [1.54, 1.807) is 60.7 Å². The maximum Gasteiger partial charge on any atom is 0.409 e. The molecule has 0 radical (unpaired) electrons. The van der Waals surface area contributed by atoms with Crippen LogP contribution in [0.15, 0.2) is 103 Å². The number of rotatable bonds is 8. The van der Waals surface area contributed by atoms with Crippen LogP contribution < -0.4 is 10.6 Å². The Balaban J connectivity index is 1.41. The van der Waals surface area contributed by atoms with Crippen LogP contribution in [0.3, 0.4) is 0 Å². The summed E-state index contributed by atoms with van der Waals surface area (Å²) in [5, 5.41) is 13.4. The number of anilines is 1. The lowest BCUT2D eigenvalue weighted by molar-refractivity contribution is -0.120. The zero-order chi connectivity index (χ0) is 27.2. The minimum absolute atomic E-state index is 0.00583. The Kier molecular flexibility index (Phi) is 7.35. The summed E-state index contributed by atoms with van der Waals surface area (Å²) in [6, 6.07) is 27.5. The quantitative estimate of drug-likeness (QED) is 0.281. The van der Waals surface area contributed by atoms with Crippen LogP contribution in [0, 0.1) is 5.82 Å². The number of amides is 2. The van der Waals surface area contributed by atoms with Gasteiger partial charge in [0.2, 0.25) is 6.17 Å². The van der Waals surface area contributed by atoms with Crippen LogP contribution in [0.1, 0.15) is 27.7 Å². The van der Waals surface area contributed by atoms with E-state index in [0.29, 0.717) is 11.0 Å². The molecule has 0 aliphatic rings. The molecule has 2 N–H and O–H groups in total. The van der Waals surface area contributed by atoms with E-state index in [9.17, 15) is 18.8 Å². The lowest BCUT2D eigenvalue weighted by atomic mass is 10.0. The van der Waals surface area contributed by atoms with Crippen molar-refractivity contribution in [1.29, 1.82) is 0 Å². The van der Waals surface area contributed by atoms with E-state index in [-0.39, 0.29) is 23.4 Å². The zero-order valence-corrected chi connectivity index (χ0v) is 20.5. The summed E-state index contributed by atoms with van der Waals surface area (Å²) in [5.41, 5.74) is 2.42. The van der Waals surface area contributed by atoms with Crippen LogP contribution in [0.5, 0.6) is 0 Å². The van der Waals surface area contributed by atoms with Gasteiger partial charge in [-0.05, 0) is 54.1 Å². The first-order valence-corrected chi connectivity index (χ1v) is 12.0. The summed E-state index contributed by atoms with van der Waals surface area (Å²) in [6.07, 6.45) is -2.22. The number of halogens is 1. The van der Waals surface area contributed by atoms with Gasteiger partial charge in [-0.15, -0.1) is 5.10 Å². The van der Waals surface area contributed by atoms with E-state index in [1.165, 1.54) is 28.9 Å². The second-order valence-electron chi connectivity index (χ2n) is 8.50. The first-order chi connectivity index (χ1) is 19.0. The summed E-state index contributed by atoms with van der Waals surface area (Å²) >= 11 is 0. The molecule has 0 fully saturated rings. The number of ether oxygens (including phenoxy) is 1. The first-order valence-electron chi connectivity index (χ1n) is 12.0. The average Bonchev–Trinajstić information content (AvgIpc) is 3.39. The average molecular weight is 524 g/mol. The highest BCUT2D eigenvalue weighted by atomic mass is 19.1. The largest absolute Gasteiger partial charge is 0.445 e. The monoisotopic (exact) mass is 523 g/mol. The third-order valence-electron chi connectivity index (χ3n) is 5.87. The fraction of sp³-hybridized carbons (Fsp3) is 0.0690. The van der Waals surface area contributed by atoms with E-state index < -0.39 is 29.8 Å². The lowest BCUT2D eigenvalue weighted by Crippen LogP contribution is -2.41. The predicted molar refractivity (Wildman–Crippen MR) is 141 cm³/mol. The fourth-order valence-corrected chi connectivity index (χ4v) is 3.94. The number of aromatic nitrogens is 3. The van der Waals surface area contributed by atoms with Gasteiger partial charge in [0.05, 0.1) is 11.2 Å². The summed E-state index contributed by atoms with van der Waals surface area (Å²) in [4.78, 5) is 39.5. The van der Waals surface area contributed by atoms with Gasteiger partial charge in [-0.3, -0.25) is 14.9 Å². The van der Waals surface area contributed by atoms with Gasteiger partial charge >= 0.3 is 6.09 Å². The number of hydrogen-bond acceptors (Lipinski definition) is 6. The smallest absolute Gasteiger partial charge is 0.409 e. The van der Waals surface area contributed by atoms with Crippen LogP contribution in [0.25, 0.3) is 11.0 Å². The number of para-hydroxylation sites is 2. The van der Waals surface area contributed by atoms with Crippen molar-refractivity contribution in [1.82, 2.24) is 20.3 Å². The van der Waals surface area contributed by atoms with Crippen molar-refractivity contribution >= 4 is 34.5 Å². The highest BCUT2D eigenvalue weighted by Gasteiger charge is 2.28. The normalized spacial score (nSPS) is 11.5. The van der Waals surface area contributed by atoms with Crippen LogP contribution in [-0.2, 0) is 16.1 Å². The molecule has 5 aromatic rings. The minimum atomic E-state index is -1.37. The van der Waals surface area contributed by atoms with Crippen molar-refractivity contribution in [3.63, 3.8) is 0 Å². The Hall–Kier alpha value is -5.38. The molecule has 4 aromatic carbocycles. The van der Waals surface area contributed by atoms with Gasteiger partial charge in [0.15, 0.2) is 5.78 Å². The molecule has 10 heteroatoms. The molecule has 9 nitrogen and oxygen atoms in total. The van der Waals surface area contributed by atoms with Gasteiger partial charge < -0.3 is 10.1 Å². The third-order valence-corrected chi connectivity index (χ3v) is 5.87. The maximum atomic E-state index is 13.6. The SMILES string of the molecule is O=C(NC(C(=O)Nc1ccccc1C(=O)c1ccc(F)cc1)n1nnc2ccccc21)OCc1ccccc1. The summed E-state index contributed by atoms with van der Waals surface area (Å²) < 4.78 is 20.0. The second-order valence-corrected chi connectivity index (χ2v) is 8.50. The number of nitrogens with zero attached hydrogens (tertiary/aromatic N) is 3. The van der Waals surface area contributed by atoms with Crippen LogP contribution in [0.2, 0.25) is 0 Å². The molecular formula is C29H22FN5O4. The number of nitrogens with one attached hydrogen (secondary N) is 2. The van der Waals surface area contributed by atoms with Gasteiger partial charge in [-0.2, -0.15) is 0 Å². The lowest BCUT2D eigenvalue weighted by Gasteiger charge is -2.20. The molecule has 1 heterocycles. The topological polar surface area (TPSA) is 115 Å². The number of ketones is 1. The van der Waals surface area contributed by atoms with E-state index in [4.69, 9.17) is 4.74 Å². The first kappa shape index (κ1) is 25.3. The van der Waals surface area contributed by atoms with Gasteiger partial charge in [-0.25, -0.2) is 13.9 Å². The number of alkyl carbamates (subject to hydrolysis) is 1. The molecule has 5 rings (SSSR count). The summed E-state index contributed by atoms with van der Waals surface area (Å²) in [7, 11) is 0. The molecule has 2 amide bonds. The molecule has 1 atom stereocenters. The molecule has 0 saturated carbocycles. The van der Waals surface area contributed by atoms with Gasteiger partial charge in [0.25, 0.3) is 5.91 Å². The van der Waals surface area contributed by atoms with Crippen molar-refractivity contribution < 1.29 is 23.5 Å². The van der Waals surface area contributed by atoms with E-state index in [1.807, 2.05) is 18.2 Å². The molecular weight excluding hydrogens is 501 g/mol. The molecule has 0 aliphatic heterocycles. The summed E-state index contributed by atoms with van der Waals surface area (Å²) in [5.74, 6) is -1.58. The number of hydrogen-bond donors (Lipinski definition) is 2. The van der Waals surface area contributed by atoms with Gasteiger partial charge in [-0.1, -0.05) is 59.8 Å². The Labute approximate surface area is 222 Å². The molecule has 0 aliphatic carbocycles. The molecule has 1 unspecified atom stereocenters. The Bertz CT molecular complexity index is 1640. The van der Waals surface area contributed by atoms with Crippen molar-refractivity contribution in [3.8, 4) is 0 Å². The zero-order valence-electron chi connectivity index (χ0n) is 20.5. The third kappa shape index (κ3) is 5.80. The second kappa shape index (κ2) is 11.3. The van der Waals surface area contributed by atoms with Crippen LogP contribution >= 0.6 is 0 Å². The van der Waals surface area contributed by atoms with Crippen molar-refractivity contribution in [2.75, 3.05) is 5.32 Å². The van der Waals surface area contributed by atoms with Gasteiger partial charge in [0.1, 0.15) is 17.9 Å². The molecule has 0 bridgehead atoms. The van der Waals surface area contributed by atoms with E-state index in [2.05, 4.69) is 20.9 Å². The number of fused-ring (bicyclic) bond motifs is 1. The highest BCUT2D eigenvalue weighted by Crippen LogP contribution is 2.22. The van der Waals surface area contributed by atoms with Crippen LogP contribution in [-0.4, -0.2) is 32.8 Å². The number of benzene rings is 4. The standard InChI is InChI=1S/C29H22FN5O4/c30-21-16-14-20(15-17-21)26(36)22-10-4-5-11-23(22)31-28(37)27(35-25-13-7-6-12-24(25)33-34-35)32-29(38)39-18-19-8-2-1-3-9-19/h1-17,27H,18H2,(H,31,37)(H,32,38). The Morgan fingerprint density at radius 2 is 1.54 bits per heavy atom. The molecule has 1 aromatic heterocycles. The van der Waals surface area contributed by atoms with Crippen LogP contribution in [0.4, 0.5) is 14.9 Å². The summed E-state index contributed by atoms with van der Waals surface area (Å²) in [6.45, 7) is -0.00583. The molecule has 39 heavy (non-hydrogen) atoms. The molecule has 194 valence electrons. The minimum Gasteiger partial charge on any atom is -0.445 e. The van der Waals surface area contributed by atoms with E-state index in [0.717, 1.165) is 5.56 Å². The van der Waals surface area contributed by atoms with Crippen molar-refractivity contribution in [3.05, 3.63) is 126 Å². The highest BCUT2D eigenvalue weighted by molar-refractivity contribution is 6.14. The Morgan fingerprint density at radius 3 is 2.33 bits per heavy atom. The fourth-order valence-electron chi connectivity index (χ4n) is 3.94. The number of carbonyl (C=O) groups excluding carboxylic acids is 3. The Morgan fingerprint density at radius 1 is 0.846 bits per heavy atom. The predicted octanol–water partition coefficient (Wildman–Crippen LogP) is 4.87. The van der Waals surface area contributed by atoms with Gasteiger partial charge in [0, 0.05) is 11.1 Å². The number of carbonyl (C=O) groups is 3. The van der Waals surface area contributed by atoms with Crippen molar-refractivity contribution in [2.24, 2.45) is 0 Å². The molecule has 0 saturated heterocycles.